The van der Waals surface area contributed by atoms with Gasteiger partial charge in [-0.2, -0.15) is 0 Å². The highest BCUT2D eigenvalue weighted by Gasteiger charge is 2.01. The van der Waals surface area contributed by atoms with Gasteiger partial charge in [-0.3, -0.25) is 4.79 Å². The van der Waals surface area contributed by atoms with E-state index in [0.717, 1.165) is 6.29 Å². The Morgan fingerprint density at radius 1 is 1.39 bits per heavy atom. The van der Waals surface area contributed by atoms with Crippen LogP contribution in [0.1, 0.15) is 17.3 Å². The third kappa shape index (κ3) is 5.61. The van der Waals surface area contributed by atoms with Crippen molar-refractivity contribution >= 4 is 29.4 Å². The van der Waals surface area contributed by atoms with Crippen LogP contribution in [0.5, 0.6) is 0 Å². The first-order valence-corrected chi connectivity index (χ1v) is 5.77. The van der Waals surface area contributed by atoms with Crippen LogP contribution in [0.3, 0.4) is 0 Å². The summed E-state index contributed by atoms with van der Waals surface area (Å²) in [6, 6.07) is 6.91. The Bertz CT molecular complexity index is 442. The zero-order chi connectivity index (χ0) is 14.0. The molecule has 1 aromatic rings. The minimum Gasteiger partial charge on any atom is -0.382 e. The maximum absolute atomic E-state index is 10.7. The van der Waals surface area contributed by atoms with E-state index < -0.39 is 0 Å². The molecule has 0 atom stereocenters. The molecule has 0 fully saturated rings. The number of rotatable bonds is 3. The fourth-order valence-corrected chi connectivity index (χ4v) is 1.06. The monoisotopic (exact) mass is 267 g/mol. The number of para-hydroxylation sites is 1. The molecule has 0 heterocycles. The van der Waals surface area contributed by atoms with Crippen molar-refractivity contribution in [3.63, 3.8) is 0 Å². The van der Waals surface area contributed by atoms with Crippen molar-refractivity contribution < 1.29 is 4.79 Å². The van der Waals surface area contributed by atoms with Gasteiger partial charge in [0.2, 0.25) is 0 Å². The molecular formula is C13H18ClN3O. The number of aldehydes is 1. The number of hydrogen-bond acceptors (Lipinski definition) is 3. The molecule has 5 heteroatoms. The van der Waals surface area contributed by atoms with Gasteiger partial charge in [-0.15, -0.1) is 0 Å². The van der Waals surface area contributed by atoms with Gasteiger partial charge in [-0.25, -0.2) is 4.99 Å². The minimum absolute atomic E-state index is 0.202. The van der Waals surface area contributed by atoms with Gasteiger partial charge in [-0.1, -0.05) is 29.8 Å². The molecule has 0 aliphatic heterocycles. The van der Waals surface area contributed by atoms with Crippen molar-refractivity contribution in [3.8, 4) is 0 Å². The molecule has 0 aromatic heterocycles. The molecule has 0 spiro atoms. The average Bonchev–Trinajstić information content (AvgIpc) is 2.39. The molecule has 3 N–H and O–H groups in total. The number of nitrogens with one attached hydrogen (secondary N) is 1. The van der Waals surface area contributed by atoms with Crippen LogP contribution in [0.25, 0.3) is 0 Å². The van der Waals surface area contributed by atoms with Gasteiger partial charge in [0, 0.05) is 5.56 Å². The maximum Gasteiger partial charge on any atom is 0.152 e. The van der Waals surface area contributed by atoms with Crippen LogP contribution in [0.2, 0.25) is 0 Å². The van der Waals surface area contributed by atoms with E-state index >= 15 is 0 Å². The smallest absolute Gasteiger partial charge is 0.152 e. The van der Waals surface area contributed by atoms with Crippen LogP contribution in [0, 0.1) is 0 Å². The molecule has 98 valence electrons. The summed E-state index contributed by atoms with van der Waals surface area (Å²) in [5.74, 6) is 0.202. The Balaban J connectivity index is 0.000000873. The summed E-state index contributed by atoms with van der Waals surface area (Å²) >= 11 is 5.78. The molecule has 0 saturated carbocycles. The highest BCUT2D eigenvalue weighted by molar-refractivity contribution is 6.43. The normalized spacial score (nSPS) is 11.6. The van der Waals surface area contributed by atoms with Crippen LogP contribution >= 0.6 is 11.6 Å². The van der Waals surface area contributed by atoms with Crippen LogP contribution in [-0.4, -0.2) is 26.2 Å². The van der Waals surface area contributed by atoms with Crippen molar-refractivity contribution in [2.45, 2.75) is 6.92 Å². The van der Waals surface area contributed by atoms with Gasteiger partial charge in [0.1, 0.15) is 5.84 Å². The Morgan fingerprint density at radius 3 is 2.44 bits per heavy atom. The number of allylic oxidation sites excluding steroid dienone is 1. The second kappa shape index (κ2) is 9.39. The second-order valence-electron chi connectivity index (χ2n) is 3.31. The van der Waals surface area contributed by atoms with E-state index in [1.807, 2.05) is 14.1 Å². The fourth-order valence-electron chi connectivity index (χ4n) is 1.02. The quantitative estimate of drug-likeness (QED) is 0.502. The highest BCUT2D eigenvalue weighted by atomic mass is 35.5. The summed E-state index contributed by atoms with van der Waals surface area (Å²) in [5, 5.41) is 3.12. The summed E-state index contributed by atoms with van der Waals surface area (Å²) in [6.45, 7) is 1.76. The minimum atomic E-state index is 0.202. The predicted octanol–water partition coefficient (Wildman–Crippen LogP) is 2.47. The van der Waals surface area contributed by atoms with Crippen LogP contribution < -0.4 is 11.1 Å². The van der Waals surface area contributed by atoms with E-state index in [1.54, 1.807) is 37.3 Å². The summed E-state index contributed by atoms with van der Waals surface area (Å²) in [4.78, 5) is 14.8. The van der Waals surface area contributed by atoms with Gasteiger partial charge < -0.3 is 11.1 Å². The molecule has 0 aliphatic carbocycles. The van der Waals surface area contributed by atoms with Gasteiger partial charge in [0.15, 0.2) is 6.29 Å². The molecule has 0 aliphatic rings. The molecule has 0 amide bonds. The Hall–Kier alpha value is -1.65. The molecule has 18 heavy (non-hydrogen) atoms. The number of aliphatic imine (C=N–C) groups is 1. The first-order chi connectivity index (χ1) is 8.60. The number of benzene rings is 1. The maximum atomic E-state index is 10.7. The lowest BCUT2D eigenvalue weighted by Gasteiger charge is -2.00. The molecule has 1 rings (SSSR count). The fraction of sp³-hybridized carbons (Fsp3) is 0.231. The number of nitrogens with two attached hydrogens (primary N) is 1. The van der Waals surface area contributed by atoms with Crippen molar-refractivity contribution in [2.75, 3.05) is 14.1 Å². The largest absolute Gasteiger partial charge is 0.382 e. The number of halogens is 1. The van der Waals surface area contributed by atoms with E-state index in [4.69, 9.17) is 17.3 Å². The van der Waals surface area contributed by atoms with Crippen molar-refractivity contribution in [1.29, 1.82) is 0 Å². The van der Waals surface area contributed by atoms with Crippen molar-refractivity contribution in [2.24, 2.45) is 10.7 Å². The lowest BCUT2D eigenvalue weighted by molar-refractivity contribution is 0.112. The van der Waals surface area contributed by atoms with Crippen LogP contribution in [0.4, 0.5) is 5.69 Å². The average molecular weight is 268 g/mol. The van der Waals surface area contributed by atoms with Gasteiger partial charge in [-0.05, 0) is 33.2 Å². The summed E-state index contributed by atoms with van der Waals surface area (Å²) in [5.41, 5.74) is 6.62. The molecule has 0 bridgehead atoms. The van der Waals surface area contributed by atoms with Gasteiger partial charge in [0.05, 0.1) is 10.7 Å². The molecule has 0 saturated heterocycles. The number of carbonyl (C=O) groups excluding carboxylic acids is 1. The first-order valence-electron chi connectivity index (χ1n) is 5.39. The molecule has 0 radical (unpaired) electrons. The van der Waals surface area contributed by atoms with Crippen molar-refractivity contribution in [3.05, 3.63) is 40.9 Å². The Kier molecular flexibility index (Phi) is 8.53. The Morgan fingerprint density at radius 2 is 1.94 bits per heavy atom. The SMILES string of the molecule is C/C=C(/Cl)C(N)=Nc1ccccc1C=O.CNC. The summed E-state index contributed by atoms with van der Waals surface area (Å²) < 4.78 is 0. The molecular weight excluding hydrogens is 250 g/mol. The predicted molar refractivity (Wildman–Crippen MR) is 77.7 cm³/mol. The first kappa shape index (κ1) is 16.4. The standard InChI is InChI=1S/C11H11ClN2O.C2H7N/c1-2-9(12)11(13)14-10-6-4-3-5-8(10)7-15;1-3-2/h2-7H,1H3,(H2,13,14);3H,1-2H3/b9-2+;. The van der Waals surface area contributed by atoms with Gasteiger partial charge in [0.25, 0.3) is 0 Å². The molecule has 4 nitrogen and oxygen atoms in total. The zero-order valence-corrected chi connectivity index (χ0v) is 11.5. The van der Waals surface area contributed by atoms with E-state index in [-0.39, 0.29) is 5.84 Å². The lowest BCUT2D eigenvalue weighted by atomic mass is 10.2. The highest BCUT2D eigenvalue weighted by Crippen LogP contribution is 2.17. The third-order valence-corrected chi connectivity index (χ3v) is 2.21. The van der Waals surface area contributed by atoms with E-state index in [2.05, 4.69) is 10.3 Å². The number of carbonyl (C=O) groups is 1. The third-order valence-electron chi connectivity index (χ3n) is 1.80. The topological polar surface area (TPSA) is 67.5 Å². The van der Waals surface area contributed by atoms with Crippen LogP contribution in [-0.2, 0) is 0 Å². The van der Waals surface area contributed by atoms with E-state index in [1.165, 1.54) is 0 Å². The number of nitrogens with zero attached hydrogens (tertiary/aromatic N) is 1. The van der Waals surface area contributed by atoms with Gasteiger partial charge >= 0.3 is 0 Å². The van der Waals surface area contributed by atoms with E-state index in [9.17, 15) is 4.79 Å². The number of hydrogen-bond donors (Lipinski definition) is 2. The van der Waals surface area contributed by atoms with E-state index in [0.29, 0.717) is 16.3 Å². The molecule has 0 unspecified atom stereocenters. The summed E-state index contributed by atoms with van der Waals surface area (Å²) in [6.07, 6.45) is 2.37. The van der Waals surface area contributed by atoms with Crippen LogP contribution in [0.15, 0.2) is 40.4 Å². The molecule has 1 aromatic carbocycles. The lowest BCUT2D eigenvalue weighted by Crippen LogP contribution is -2.11. The summed E-state index contributed by atoms with van der Waals surface area (Å²) in [7, 11) is 3.75. The zero-order valence-electron chi connectivity index (χ0n) is 10.8. The number of amidine groups is 1. The second-order valence-corrected chi connectivity index (χ2v) is 3.72. The Labute approximate surface area is 113 Å². The van der Waals surface area contributed by atoms with Crippen molar-refractivity contribution in [1.82, 2.24) is 5.32 Å².